The maximum Gasteiger partial charge on any atom is 0.490 e. The Bertz CT molecular complexity index is 1220. The number of thiazole rings is 1. The van der Waals surface area contributed by atoms with Crippen LogP contribution in [-0.2, 0) is 10.3 Å². The summed E-state index contributed by atoms with van der Waals surface area (Å²) >= 11 is 1.50. The van der Waals surface area contributed by atoms with Crippen molar-refractivity contribution in [2.45, 2.75) is 51.0 Å². The standard InChI is InChI=1S/C21H22N6O3S/c1-12-2-3-15-16(4-12)31-19(23-15)24-17(28)20-6-13-5-14(7-20)9-21(8-13,10-20)26-11-22-18(25-26)27(29)30/h2-4,11,13-14H,5-10H2,1H3,(H,23,24,28)/t13-,14-,20?,21?/m0/s1. The van der Waals surface area contributed by atoms with Crippen LogP contribution in [0.1, 0.15) is 44.1 Å². The molecule has 0 aliphatic heterocycles. The molecular weight excluding hydrogens is 416 g/mol. The first-order chi connectivity index (χ1) is 14.8. The Kier molecular flexibility index (Phi) is 3.84. The quantitative estimate of drug-likeness (QED) is 0.485. The van der Waals surface area contributed by atoms with Gasteiger partial charge in [-0.3, -0.25) is 4.79 Å². The fourth-order valence-electron chi connectivity index (χ4n) is 6.63. The lowest BCUT2D eigenvalue weighted by atomic mass is 9.46. The van der Waals surface area contributed by atoms with E-state index in [4.69, 9.17) is 0 Å². The summed E-state index contributed by atoms with van der Waals surface area (Å²) in [6, 6.07) is 6.09. The number of amides is 1. The summed E-state index contributed by atoms with van der Waals surface area (Å²) in [5.41, 5.74) is 1.20. The highest BCUT2D eigenvalue weighted by Crippen LogP contribution is 2.64. The maximum absolute atomic E-state index is 13.6. The average Bonchev–Trinajstić information content (AvgIpc) is 3.34. The smallest absolute Gasteiger partial charge is 0.390 e. The summed E-state index contributed by atoms with van der Waals surface area (Å²) in [5, 5.41) is 19.0. The number of carbonyl (C=O) groups is 1. The van der Waals surface area contributed by atoms with Gasteiger partial charge in [-0.1, -0.05) is 22.4 Å². The molecule has 0 spiro atoms. The number of hydrogen-bond donors (Lipinski definition) is 1. The minimum atomic E-state index is -0.561. The van der Waals surface area contributed by atoms with E-state index in [9.17, 15) is 14.9 Å². The van der Waals surface area contributed by atoms with Gasteiger partial charge in [0.15, 0.2) is 5.13 Å². The highest BCUT2D eigenvalue weighted by Gasteiger charge is 2.62. The van der Waals surface area contributed by atoms with Gasteiger partial charge in [-0.15, -0.1) is 0 Å². The molecule has 9 nitrogen and oxygen atoms in total. The minimum absolute atomic E-state index is 0.0244. The first-order valence-electron chi connectivity index (χ1n) is 10.6. The van der Waals surface area contributed by atoms with E-state index in [1.165, 1.54) is 23.2 Å². The summed E-state index contributed by atoms with van der Waals surface area (Å²) in [6.07, 6.45) is 6.76. The number of nitro groups is 1. The van der Waals surface area contributed by atoms with Crippen LogP contribution in [0.2, 0.25) is 0 Å². The molecule has 1 aromatic carbocycles. The predicted molar refractivity (Wildman–Crippen MR) is 115 cm³/mol. The third kappa shape index (κ3) is 2.88. The van der Waals surface area contributed by atoms with Crippen molar-refractivity contribution in [2.75, 3.05) is 5.32 Å². The summed E-state index contributed by atoms with van der Waals surface area (Å²) in [5.74, 6) is 0.497. The molecule has 4 bridgehead atoms. The highest BCUT2D eigenvalue weighted by molar-refractivity contribution is 7.22. The predicted octanol–water partition coefficient (Wildman–Crippen LogP) is 4.04. The lowest BCUT2D eigenvalue weighted by molar-refractivity contribution is -0.394. The molecule has 2 heterocycles. The maximum atomic E-state index is 13.6. The second-order valence-corrected chi connectivity index (χ2v) is 10.7. The SMILES string of the molecule is Cc1ccc2nc(NC(=O)C34C[C@@H]5C[C@@H](C3)CC(n3cnc([N+](=O)[O-])n3)(C5)C4)sc2c1. The van der Waals surface area contributed by atoms with Crippen LogP contribution in [0.3, 0.4) is 0 Å². The van der Waals surface area contributed by atoms with Crippen LogP contribution in [0, 0.1) is 34.3 Å². The molecule has 0 saturated heterocycles. The van der Waals surface area contributed by atoms with Gasteiger partial charge in [-0.2, -0.15) is 4.68 Å². The number of hydrogen-bond acceptors (Lipinski definition) is 7. The number of rotatable bonds is 4. The van der Waals surface area contributed by atoms with Crippen molar-refractivity contribution in [3.8, 4) is 0 Å². The molecule has 1 N–H and O–H groups in total. The Balaban J connectivity index is 1.32. The van der Waals surface area contributed by atoms with Gasteiger partial charge in [0.2, 0.25) is 12.2 Å². The molecule has 1 amide bonds. The van der Waals surface area contributed by atoms with Crippen molar-refractivity contribution in [3.05, 3.63) is 40.2 Å². The Morgan fingerprint density at radius 1 is 1.29 bits per heavy atom. The molecule has 160 valence electrons. The molecule has 4 aliphatic rings. The molecule has 10 heteroatoms. The van der Waals surface area contributed by atoms with Gasteiger partial charge in [-0.25, -0.2) is 4.98 Å². The van der Waals surface area contributed by atoms with Gasteiger partial charge in [0.1, 0.15) is 0 Å². The number of aryl methyl sites for hydroxylation is 1. The molecule has 0 radical (unpaired) electrons. The van der Waals surface area contributed by atoms with Gasteiger partial charge in [0.05, 0.1) is 21.2 Å². The number of anilines is 1. The van der Waals surface area contributed by atoms with Crippen molar-refractivity contribution in [1.29, 1.82) is 0 Å². The molecule has 4 fully saturated rings. The van der Waals surface area contributed by atoms with Crippen LogP contribution in [0.25, 0.3) is 10.2 Å². The van der Waals surface area contributed by atoms with E-state index in [0.29, 0.717) is 23.4 Å². The van der Waals surface area contributed by atoms with Crippen LogP contribution in [-0.4, -0.2) is 30.6 Å². The zero-order chi connectivity index (χ0) is 21.4. The van der Waals surface area contributed by atoms with Crippen molar-refractivity contribution in [3.63, 3.8) is 0 Å². The Labute approximate surface area is 182 Å². The number of nitrogens with one attached hydrogen (secondary N) is 1. The van der Waals surface area contributed by atoms with E-state index < -0.39 is 10.3 Å². The van der Waals surface area contributed by atoms with Gasteiger partial charge in [0.25, 0.3) is 0 Å². The summed E-state index contributed by atoms with van der Waals surface area (Å²) in [7, 11) is 0. The summed E-state index contributed by atoms with van der Waals surface area (Å²) in [4.78, 5) is 32.6. The fraction of sp³-hybridized carbons (Fsp3) is 0.524. The third-order valence-corrected chi connectivity index (χ3v) is 8.34. The average molecular weight is 439 g/mol. The van der Waals surface area contributed by atoms with Crippen LogP contribution in [0.4, 0.5) is 11.1 Å². The summed E-state index contributed by atoms with van der Waals surface area (Å²) in [6.45, 7) is 2.04. The molecular formula is C21H22N6O3S. The van der Waals surface area contributed by atoms with E-state index in [-0.39, 0.29) is 17.4 Å². The van der Waals surface area contributed by atoms with E-state index in [1.54, 1.807) is 4.68 Å². The second kappa shape index (κ2) is 6.32. The monoisotopic (exact) mass is 438 g/mol. The highest BCUT2D eigenvalue weighted by atomic mass is 32.1. The number of aromatic nitrogens is 4. The first kappa shape index (κ1) is 18.9. The van der Waals surface area contributed by atoms with Gasteiger partial charge in [0, 0.05) is 5.10 Å². The number of benzene rings is 1. The Morgan fingerprint density at radius 3 is 2.77 bits per heavy atom. The van der Waals surface area contributed by atoms with E-state index >= 15 is 0 Å². The Hall–Kier alpha value is -2.88. The van der Waals surface area contributed by atoms with Crippen molar-refractivity contribution < 1.29 is 9.72 Å². The van der Waals surface area contributed by atoms with Crippen LogP contribution in [0.15, 0.2) is 24.5 Å². The van der Waals surface area contributed by atoms with Crippen LogP contribution >= 0.6 is 11.3 Å². The molecule has 4 aliphatic carbocycles. The number of nitrogens with zero attached hydrogens (tertiary/aromatic N) is 5. The number of fused-ring (bicyclic) bond motifs is 1. The first-order valence-corrected chi connectivity index (χ1v) is 11.4. The molecule has 2 atom stereocenters. The molecule has 7 rings (SSSR count). The molecule has 2 aromatic heterocycles. The van der Waals surface area contributed by atoms with Crippen LogP contribution in [0.5, 0.6) is 0 Å². The third-order valence-electron chi connectivity index (χ3n) is 7.41. The largest absolute Gasteiger partial charge is 0.490 e. The minimum Gasteiger partial charge on any atom is -0.390 e. The Morgan fingerprint density at radius 2 is 2.06 bits per heavy atom. The number of carbonyl (C=O) groups excluding carboxylic acids is 1. The topological polar surface area (TPSA) is 116 Å². The lowest BCUT2D eigenvalue weighted by Crippen LogP contribution is -2.60. The normalized spacial score (nSPS) is 31.3. The molecule has 3 aromatic rings. The van der Waals surface area contributed by atoms with Gasteiger partial charge >= 0.3 is 5.95 Å². The van der Waals surface area contributed by atoms with Crippen molar-refractivity contribution in [1.82, 2.24) is 19.7 Å². The second-order valence-electron chi connectivity index (χ2n) is 9.66. The van der Waals surface area contributed by atoms with Crippen molar-refractivity contribution in [2.24, 2.45) is 17.3 Å². The zero-order valence-electron chi connectivity index (χ0n) is 17.1. The van der Waals surface area contributed by atoms with E-state index in [1.807, 2.05) is 19.1 Å². The van der Waals surface area contributed by atoms with E-state index in [2.05, 4.69) is 26.4 Å². The van der Waals surface area contributed by atoms with Crippen molar-refractivity contribution >= 4 is 38.5 Å². The van der Waals surface area contributed by atoms with Gasteiger partial charge in [-0.05, 0) is 79.9 Å². The molecule has 31 heavy (non-hydrogen) atoms. The lowest BCUT2D eigenvalue weighted by Gasteiger charge is -2.60. The van der Waals surface area contributed by atoms with Crippen LogP contribution < -0.4 is 5.32 Å². The van der Waals surface area contributed by atoms with Gasteiger partial charge < -0.3 is 15.4 Å². The molecule has 4 saturated carbocycles. The summed E-state index contributed by atoms with van der Waals surface area (Å²) < 4.78 is 2.75. The molecule has 0 unspecified atom stereocenters. The zero-order valence-corrected chi connectivity index (χ0v) is 17.9. The fourth-order valence-corrected chi connectivity index (χ4v) is 7.59. The van der Waals surface area contributed by atoms with E-state index in [0.717, 1.165) is 42.3 Å².